The third-order valence-corrected chi connectivity index (χ3v) is 7.82. The van der Waals surface area contributed by atoms with Gasteiger partial charge in [0.2, 0.25) is 0 Å². The number of carbonyl (C=O) groups is 2. The van der Waals surface area contributed by atoms with Crippen molar-refractivity contribution in [3.8, 4) is 5.75 Å². The minimum atomic E-state index is -0.778. The molecule has 0 aromatic heterocycles. The van der Waals surface area contributed by atoms with Gasteiger partial charge in [-0.05, 0) is 78.6 Å². The molecule has 192 valence electrons. The molecule has 0 spiro atoms. The molecule has 1 aliphatic carbocycles. The molecule has 2 aliphatic rings. The molecule has 37 heavy (non-hydrogen) atoms. The van der Waals surface area contributed by atoms with Crippen LogP contribution in [-0.2, 0) is 24.4 Å². The third-order valence-electron chi connectivity index (χ3n) is 7.82. The number of hydrogen-bond donors (Lipinski definition) is 1. The molecule has 3 aromatic carbocycles. The molecule has 1 heterocycles. The summed E-state index contributed by atoms with van der Waals surface area (Å²) in [5.74, 6) is 1.12. The third kappa shape index (κ3) is 5.78. The highest BCUT2D eigenvalue weighted by atomic mass is 16.5. The molecule has 5 nitrogen and oxygen atoms in total. The topological polar surface area (TPSA) is 58.6 Å². The highest BCUT2D eigenvalue weighted by molar-refractivity contribution is 6.02. The fraction of sp³-hybridized carbons (Fsp3) is 0.375. The molecule has 0 bridgehead atoms. The smallest absolute Gasteiger partial charge is 0.252 e. The highest BCUT2D eigenvalue weighted by Gasteiger charge is 2.61. The monoisotopic (exact) mass is 496 g/mol. The Balaban J connectivity index is 1.23. The quantitative estimate of drug-likeness (QED) is 0.429. The Morgan fingerprint density at radius 1 is 0.973 bits per heavy atom. The van der Waals surface area contributed by atoms with Crippen molar-refractivity contribution in [1.29, 1.82) is 0 Å². The number of fused-ring (bicyclic) bond motifs is 1. The maximum Gasteiger partial charge on any atom is 0.252 e. The summed E-state index contributed by atoms with van der Waals surface area (Å²) in [6.45, 7) is 6.77. The van der Waals surface area contributed by atoms with Crippen LogP contribution in [0, 0.1) is 11.8 Å². The van der Waals surface area contributed by atoms with E-state index in [1.54, 1.807) is 12.1 Å². The lowest BCUT2D eigenvalue weighted by atomic mass is 9.99. The first-order chi connectivity index (χ1) is 17.9. The number of ketones is 1. The number of rotatable bonds is 9. The normalized spacial score (nSPS) is 21.1. The molecule has 0 unspecified atom stereocenters. The molecule has 1 saturated carbocycles. The summed E-state index contributed by atoms with van der Waals surface area (Å²) >= 11 is 0. The van der Waals surface area contributed by atoms with E-state index >= 15 is 0 Å². The highest BCUT2D eigenvalue weighted by Crippen LogP contribution is 2.49. The number of carbonyl (C=O) groups excluding carboxylic acids is 2. The lowest BCUT2D eigenvalue weighted by Gasteiger charge is -2.25. The minimum Gasteiger partial charge on any atom is -0.489 e. The van der Waals surface area contributed by atoms with Gasteiger partial charge in [0.05, 0.1) is 6.54 Å². The van der Waals surface area contributed by atoms with Gasteiger partial charge >= 0.3 is 0 Å². The fourth-order valence-corrected chi connectivity index (χ4v) is 5.59. The van der Waals surface area contributed by atoms with Gasteiger partial charge in [0.15, 0.2) is 5.78 Å². The largest absolute Gasteiger partial charge is 0.489 e. The zero-order valence-electron chi connectivity index (χ0n) is 21.8. The van der Waals surface area contributed by atoms with Crippen LogP contribution in [0.15, 0.2) is 78.9 Å². The zero-order valence-corrected chi connectivity index (χ0v) is 21.8. The van der Waals surface area contributed by atoms with E-state index < -0.39 is 5.54 Å². The van der Waals surface area contributed by atoms with Crippen LogP contribution in [-0.4, -0.2) is 35.2 Å². The SMILES string of the molecule is CC(C)[C@@H]1C[C@]1(NC(=O)c1ccc(OCc2ccccc2)cc1)C(=O)CN1CCCc2ccccc2C1. The lowest BCUT2D eigenvalue weighted by Crippen LogP contribution is -2.49. The number of ether oxygens (including phenoxy) is 1. The molecule has 5 rings (SSSR count). The first kappa shape index (κ1) is 25.2. The minimum absolute atomic E-state index is 0.127. The van der Waals surface area contributed by atoms with Gasteiger partial charge < -0.3 is 10.1 Å². The van der Waals surface area contributed by atoms with E-state index in [4.69, 9.17) is 4.74 Å². The zero-order chi connectivity index (χ0) is 25.8. The number of hydrogen-bond acceptors (Lipinski definition) is 4. The van der Waals surface area contributed by atoms with E-state index in [9.17, 15) is 9.59 Å². The summed E-state index contributed by atoms with van der Waals surface area (Å²) < 4.78 is 5.86. The van der Waals surface area contributed by atoms with Gasteiger partial charge in [-0.25, -0.2) is 0 Å². The van der Waals surface area contributed by atoms with Gasteiger partial charge in [-0.2, -0.15) is 0 Å². The van der Waals surface area contributed by atoms with Gasteiger partial charge in [-0.3, -0.25) is 14.5 Å². The van der Waals surface area contributed by atoms with Gasteiger partial charge in [0.1, 0.15) is 17.9 Å². The Kier molecular flexibility index (Phi) is 7.43. The van der Waals surface area contributed by atoms with Gasteiger partial charge in [0, 0.05) is 12.1 Å². The molecule has 2 atom stereocenters. The van der Waals surface area contributed by atoms with Gasteiger partial charge in [-0.15, -0.1) is 0 Å². The second-order valence-electron chi connectivity index (χ2n) is 10.8. The van der Waals surface area contributed by atoms with Crippen molar-refractivity contribution in [2.45, 2.75) is 51.8 Å². The number of Topliss-reactive ketones (excluding diaryl/α,β-unsaturated/α-hetero) is 1. The van der Waals surface area contributed by atoms with E-state index in [-0.39, 0.29) is 17.6 Å². The first-order valence-corrected chi connectivity index (χ1v) is 13.4. The second kappa shape index (κ2) is 10.9. The summed E-state index contributed by atoms with van der Waals surface area (Å²) in [4.78, 5) is 29.2. The van der Waals surface area contributed by atoms with E-state index in [1.807, 2.05) is 42.5 Å². The van der Waals surface area contributed by atoms with Crippen molar-refractivity contribution < 1.29 is 14.3 Å². The molecule has 1 aliphatic heterocycles. The van der Waals surface area contributed by atoms with Crippen LogP contribution in [0.5, 0.6) is 5.75 Å². The Morgan fingerprint density at radius 2 is 1.68 bits per heavy atom. The maximum absolute atomic E-state index is 13.7. The van der Waals surface area contributed by atoms with Gasteiger partial charge in [-0.1, -0.05) is 68.4 Å². The molecule has 0 saturated heterocycles. The molecule has 0 radical (unpaired) electrons. The molecule has 1 N–H and O–H groups in total. The van der Waals surface area contributed by atoms with Crippen molar-refractivity contribution in [2.75, 3.05) is 13.1 Å². The summed E-state index contributed by atoms with van der Waals surface area (Å²) in [6.07, 6.45) is 2.79. The van der Waals surface area contributed by atoms with Crippen molar-refractivity contribution in [2.24, 2.45) is 11.8 Å². The standard InChI is InChI=1S/C32H36N2O3/c1-23(2)29-19-32(29,30(35)21-34-18-8-13-25-11-6-7-12-27(25)20-34)33-31(36)26-14-16-28(17-15-26)37-22-24-9-4-3-5-10-24/h3-7,9-12,14-17,23,29H,8,13,18-22H2,1-2H3,(H,33,36)/t29-,32+/m0/s1. The molecule has 5 heteroatoms. The Labute approximate surface area is 219 Å². The molecule has 1 amide bonds. The van der Waals surface area contributed by atoms with E-state index in [0.717, 1.165) is 31.5 Å². The van der Waals surface area contributed by atoms with Crippen LogP contribution in [0.4, 0.5) is 0 Å². The van der Waals surface area contributed by atoms with Crippen LogP contribution in [0.3, 0.4) is 0 Å². The van der Waals surface area contributed by atoms with Crippen LogP contribution >= 0.6 is 0 Å². The van der Waals surface area contributed by atoms with E-state index in [2.05, 4.69) is 48.3 Å². The molecular weight excluding hydrogens is 460 g/mol. The van der Waals surface area contributed by atoms with Crippen molar-refractivity contribution in [3.63, 3.8) is 0 Å². The van der Waals surface area contributed by atoms with E-state index in [0.29, 0.717) is 36.8 Å². The van der Waals surface area contributed by atoms with Crippen molar-refractivity contribution in [1.82, 2.24) is 10.2 Å². The fourth-order valence-electron chi connectivity index (χ4n) is 5.59. The first-order valence-electron chi connectivity index (χ1n) is 13.4. The van der Waals surface area contributed by atoms with Crippen molar-refractivity contribution in [3.05, 3.63) is 101 Å². The van der Waals surface area contributed by atoms with E-state index in [1.165, 1.54) is 11.1 Å². The number of benzene rings is 3. The number of aryl methyl sites for hydroxylation is 1. The lowest BCUT2D eigenvalue weighted by molar-refractivity contribution is -0.123. The molecule has 1 fully saturated rings. The molecular formula is C32H36N2O3. The Morgan fingerprint density at radius 3 is 2.38 bits per heavy atom. The predicted molar refractivity (Wildman–Crippen MR) is 145 cm³/mol. The van der Waals surface area contributed by atoms with Crippen molar-refractivity contribution >= 4 is 11.7 Å². The van der Waals surface area contributed by atoms with Crippen LogP contribution in [0.25, 0.3) is 0 Å². The average molecular weight is 497 g/mol. The number of nitrogens with zero attached hydrogens (tertiary/aromatic N) is 1. The van der Waals surface area contributed by atoms with Crippen LogP contribution in [0.2, 0.25) is 0 Å². The second-order valence-corrected chi connectivity index (χ2v) is 10.8. The number of amides is 1. The summed E-state index contributed by atoms with van der Waals surface area (Å²) in [7, 11) is 0. The summed E-state index contributed by atoms with van der Waals surface area (Å²) in [5.41, 5.74) is 3.53. The molecule has 3 aromatic rings. The average Bonchev–Trinajstić information content (AvgIpc) is 3.68. The van der Waals surface area contributed by atoms with Crippen LogP contribution < -0.4 is 10.1 Å². The van der Waals surface area contributed by atoms with Crippen LogP contribution in [0.1, 0.15) is 53.7 Å². The van der Waals surface area contributed by atoms with Gasteiger partial charge in [0.25, 0.3) is 5.91 Å². The maximum atomic E-state index is 13.7. The Bertz CT molecular complexity index is 1240. The summed E-state index contributed by atoms with van der Waals surface area (Å²) in [5, 5.41) is 3.16. The Hall–Kier alpha value is -3.44. The summed E-state index contributed by atoms with van der Waals surface area (Å²) in [6, 6.07) is 25.7. The number of nitrogens with one attached hydrogen (secondary N) is 1. The predicted octanol–water partition coefficient (Wildman–Crippen LogP) is 5.43.